The molecule has 0 fully saturated rings. The fourth-order valence-electron chi connectivity index (χ4n) is 1.36. The van der Waals surface area contributed by atoms with Gasteiger partial charge in [-0.1, -0.05) is 18.2 Å². The highest BCUT2D eigenvalue weighted by Crippen LogP contribution is 2.20. The van der Waals surface area contributed by atoms with Gasteiger partial charge in [-0.25, -0.2) is 0 Å². The van der Waals surface area contributed by atoms with E-state index in [1.807, 2.05) is 31.2 Å². The Kier molecular flexibility index (Phi) is 2.32. The molecule has 2 nitrogen and oxygen atoms in total. The summed E-state index contributed by atoms with van der Waals surface area (Å²) in [5.74, 6) is 0. The van der Waals surface area contributed by atoms with E-state index in [0.29, 0.717) is 6.61 Å². The van der Waals surface area contributed by atoms with Gasteiger partial charge in [-0.3, -0.25) is 0 Å². The van der Waals surface area contributed by atoms with Crippen LogP contribution >= 0.6 is 0 Å². The molecule has 0 amide bonds. The largest absolute Gasteiger partial charge is 0.464 e. The molecule has 1 heterocycles. The van der Waals surface area contributed by atoms with Gasteiger partial charge in [0, 0.05) is 17.6 Å². The summed E-state index contributed by atoms with van der Waals surface area (Å²) in [6.45, 7) is 3.36. The normalized spacial score (nSPS) is 10.8. The highest BCUT2D eigenvalue weighted by atomic mass is 16.5. The molecule has 0 aliphatic heterocycles. The third-order valence-electron chi connectivity index (χ3n) is 2.02. The SMILES string of the molecule is CCOCc1coc2ccccc12. The van der Waals surface area contributed by atoms with Crippen molar-refractivity contribution in [1.82, 2.24) is 0 Å². The Bertz CT molecular complexity index is 390. The monoisotopic (exact) mass is 176 g/mol. The molecule has 0 atom stereocenters. The van der Waals surface area contributed by atoms with Crippen molar-refractivity contribution in [3.05, 3.63) is 36.1 Å². The smallest absolute Gasteiger partial charge is 0.134 e. The molecule has 1 aromatic carbocycles. The summed E-state index contributed by atoms with van der Waals surface area (Å²) in [6.07, 6.45) is 1.76. The van der Waals surface area contributed by atoms with E-state index in [2.05, 4.69) is 0 Å². The minimum absolute atomic E-state index is 0.632. The van der Waals surface area contributed by atoms with Crippen molar-refractivity contribution in [3.8, 4) is 0 Å². The Morgan fingerprint density at radius 2 is 2.15 bits per heavy atom. The van der Waals surface area contributed by atoms with Crippen molar-refractivity contribution in [1.29, 1.82) is 0 Å². The first-order chi connectivity index (χ1) is 6.42. The van der Waals surface area contributed by atoms with Crippen LogP contribution in [0.3, 0.4) is 0 Å². The van der Waals surface area contributed by atoms with Gasteiger partial charge in [0.1, 0.15) is 5.58 Å². The van der Waals surface area contributed by atoms with Crippen molar-refractivity contribution in [2.75, 3.05) is 6.61 Å². The Hall–Kier alpha value is -1.28. The van der Waals surface area contributed by atoms with Crippen LogP contribution in [0.4, 0.5) is 0 Å². The molecule has 0 N–H and O–H groups in total. The van der Waals surface area contributed by atoms with E-state index in [1.54, 1.807) is 6.26 Å². The van der Waals surface area contributed by atoms with E-state index < -0.39 is 0 Å². The summed E-state index contributed by atoms with van der Waals surface area (Å²) in [6, 6.07) is 7.99. The zero-order valence-corrected chi connectivity index (χ0v) is 7.62. The zero-order valence-electron chi connectivity index (χ0n) is 7.62. The van der Waals surface area contributed by atoms with Gasteiger partial charge >= 0.3 is 0 Å². The molecule has 13 heavy (non-hydrogen) atoms. The van der Waals surface area contributed by atoms with Crippen LogP contribution in [0.25, 0.3) is 11.0 Å². The highest BCUT2D eigenvalue weighted by molar-refractivity contribution is 5.80. The quantitative estimate of drug-likeness (QED) is 0.717. The van der Waals surface area contributed by atoms with E-state index in [-0.39, 0.29) is 0 Å². The first kappa shape index (κ1) is 8.32. The maximum atomic E-state index is 5.37. The summed E-state index contributed by atoms with van der Waals surface area (Å²) >= 11 is 0. The molecule has 2 heteroatoms. The topological polar surface area (TPSA) is 22.4 Å². The zero-order chi connectivity index (χ0) is 9.10. The molecule has 0 spiro atoms. The second-order valence-corrected chi connectivity index (χ2v) is 2.89. The Morgan fingerprint density at radius 3 is 3.00 bits per heavy atom. The van der Waals surface area contributed by atoms with Crippen LogP contribution in [0, 0.1) is 0 Å². The van der Waals surface area contributed by atoms with Crippen LogP contribution in [0.5, 0.6) is 0 Å². The van der Waals surface area contributed by atoms with Gasteiger partial charge < -0.3 is 9.15 Å². The van der Waals surface area contributed by atoms with Gasteiger partial charge in [-0.15, -0.1) is 0 Å². The minimum atomic E-state index is 0.632. The van der Waals surface area contributed by atoms with Gasteiger partial charge in [0.2, 0.25) is 0 Å². The predicted molar refractivity (Wildman–Crippen MR) is 51.5 cm³/mol. The fraction of sp³-hybridized carbons (Fsp3) is 0.273. The van der Waals surface area contributed by atoms with Gasteiger partial charge in [0.15, 0.2) is 0 Å². The lowest BCUT2D eigenvalue weighted by Gasteiger charge is -1.97. The molecule has 2 aromatic rings. The van der Waals surface area contributed by atoms with Crippen LogP contribution in [-0.2, 0) is 11.3 Å². The average molecular weight is 176 g/mol. The first-order valence-corrected chi connectivity index (χ1v) is 4.44. The second kappa shape index (κ2) is 3.62. The number of para-hydroxylation sites is 1. The number of fused-ring (bicyclic) bond motifs is 1. The number of hydrogen-bond donors (Lipinski definition) is 0. The number of hydrogen-bond acceptors (Lipinski definition) is 2. The molecule has 0 unspecified atom stereocenters. The molecule has 0 saturated carbocycles. The number of furan rings is 1. The molecule has 0 aliphatic rings. The molecular formula is C11H12O2. The minimum Gasteiger partial charge on any atom is -0.464 e. The molecule has 0 bridgehead atoms. The summed E-state index contributed by atoms with van der Waals surface area (Å²) in [4.78, 5) is 0. The van der Waals surface area contributed by atoms with Crippen molar-refractivity contribution in [2.24, 2.45) is 0 Å². The van der Waals surface area contributed by atoms with Crippen molar-refractivity contribution in [3.63, 3.8) is 0 Å². The molecular weight excluding hydrogens is 164 g/mol. The lowest BCUT2D eigenvalue weighted by molar-refractivity contribution is 0.134. The predicted octanol–water partition coefficient (Wildman–Crippen LogP) is 2.97. The van der Waals surface area contributed by atoms with Gasteiger partial charge in [0.05, 0.1) is 12.9 Å². The van der Waals surface area contributed by atoms with E-state index >= 15 is 0 Å². The molecule has 1 aromatic heterocycles. The molecule has 0 radical (unpaired) electrons. The number of ether oxygens (including phenoxy) is 1. The fourth-order valence-corrected chi connectivity index (χ4v) is 1.36. The molecule has 68 valence electrons. The number of benzene rings is 1. The maximum Gasteiger partial charge on any atom is 0.134 e. The van der Waals surface area contributed by atoms with Crippen LogP contribution in [0.15, 0.2) is 34.9 Å². The van der Waals surface area contributed by atoms with E-state index in [9.17, 15) is 0 Å². The highest BCUT2D eigenvalue weighted by Gasteiger charge is 2.03. The standard InChI is InChI=1S/C11H12O2/c1-2-12-7-9-8-13-11-6-4-3-5-10(9)11/h3-6,8H,2,7H2,1H3. The third-order valence-corrected chi connectivity index (χ3v) is 2.02. The number of rotatable bonds is 3. The Labute approximate surface area is 77.1 Å². The molecule has 0 saturated heterocycles. The first-order valence-electron chi connectivity index (χ1n) is 4.44. The second-order valence-electron chi connectivity index (χ2n) is 2.89. The third kappa shape index (κ3) is 1.58. The van der Waals surface area contributed by atoms with E-state index in [0.717, 1.165) is 23.1 Å². The summed E-state index contributed by atoms with van der Waals surface area (Å²) in [5, 5.41) is 1.15. The summed E-state index contributed by atoms with van der Waals surface area (Å²) in [7, 11) is 0. The summed E-state index contributed by atoms with van der Waals surface area (Å²) in [5.41, 5.74) is 2.05. The van der Waals surface area contributed by atoms with Gasteiger partial charge in [-0.2, -0.15) is 0 Å². The van der Waals surface area contributed by atoms with Gasteiger partial charge in [-0.05, 0) is 13.0 Å². The van der Waals surface area contributed by atoms with Crippen LogP contribution in [0.1, 0.15) is 12.5 Å². The van der Waals surface area contributed by atoms with Crippen molar-refractivity contribution >= 4 is 11.0 Å². The Morgan fingerprint density at radius 1 is 1.31 bits per heavy atom. The maximum absolute atomic E-state index is 5.37. The summed E-state index contributed by atoms with van der Waals surface area (Å²) < 4.78 is 10.7. The van der Waals surface area contributed by atoms with Crippen molar-refractivity contribution < 1.29 is 9.15 Å². The van der Waals surface area contributed by atoms with Crippen molar-refractivity contribution in [2.45, 2.75) is 13.5 Å². The Balaban J connectivity index is 2.35. The van der Waals surface area contributed by atoms with Crippen LogP contribution in [-0.4, -0.2) is 6.61 Å². The van der Waals surface area contributed by atoms with Crippen LogP contribution < -0.4 is 0 Å². The molecule has 2 rings (SSSR count). The lowest BCUT2D eigenvalue weighted by Crippen LogP contribution is -1.89. The lowest BCUT2D eigenvalue weighted by atomic mass is 10.2. The average Bonchev–Trinajstić information content (AvgIpc) is 2.58. The van der Waals surface area contributed by atoms with E-state index in [1.165, 1.54) is 0 Å². The van der Waals surface area contributed by atoms with Crippen LogP contribution in [0.2, 0.25) is 0 Å². The van der Waals surface area contributed by atoms with Gasteiger partial charge in [0.25, 0.3) is 0 Å². The molecule has 0 aliphatic carbocycles. The van der Waals surface area contributed by atoms with E-state index in [4.69, 9.17) is 9.15 Å².